The molecular weight excluding hydrogens is 242 g/mol. The first-order chi connectivity index (χ1) is 7.76. The molecular formula is C10H13N3OS2. The molecule has 6 heteroatoms. The van der Waals surface area contributed by atoms with Crippen LogP contribution in [0.15, 0.2) is 11.4 Å². The highest BCUT2D eigenvalue weighted by molar-refractivity contribution is 7.71. The van der Waals surface area contributed by atoms with Crippen molar-refractivity contribution in [3.05, 3.63) is 32.5 Å². The third-order valence-corrected chi connectivity index (χ3v) is 3.76. The summed E-state index contributed by atoms with van der Waals surface area (Å²) in [7, 11) is 0. The van der Waals surface area contributed by atoms with E-state index in [4.69, 9.17) is 17.3 Å². The number of thiophene rings is 1. The van der Waals surface area contributed by atoms with Gasteiger partial charge in [0.05, 0.1) is 6.54 Å². The summed E-state index contributed by atoms with van der Waals surface area (Å²) >= 11 is 6.84. The molecule has 0 bridgehead atoms. The van der Waals surface area contributed by atoms with E-state index in [9.17, 15) is 0 Å². The molecule has 0 aromatic carbocycles. The van der Waals surface area contributed by atoms with Gasteiger partial charge in [-0.1, -0.05) is 6.92 Å². The fourth-order valence-corrected chi connectivity index (χ4v) is 2.78. The van der Waals surface area contributed by atoms with Gasteiger partial charge in [-0.15, -0.1) is 11.3 Å². The maximum Gasteiger partial charge on any atom is 0.195 e. The van der Waals surface area contributed by atoms with Crippen molar-refractivity contribution in [2.45, 2.75) is 26.5 Å². The summed E-state index contributed by atoms with van der Waals surface area (Å²) in [5, 5.41) is 17.9. The Kier molecular flexibility index (Phi) is 3.52. The van der Waals surface area contributed by atoms with Crippen LogP contribution in [0.5, 0.6) is 0 Å². The summed E-state index contributed by atoms with van der Waals surface area (Å²) in [5.41, 5.74) is 1.33. The molecule has 0 unspecified atom stereocenters. The maximum absolute atomic E-state index is 9.14. The van der Waals surface area contributed by atoms with Crippen LogP contribution >= 0.6 is 23.6 Å². The molecule has 0 fully saturated rings. The second-order valence-electron chi connectivity index (χ2n) is 3.41. The zero-order valence-electron chi connectivity index (χ0n) is 8.93. The van der Waals surface area contributed by atoms with Gasteiger partial charge in [0.25, 0.3) is 0 Å². The zero-order valence-corrected chi connectivity index (χ0v) is 10.6. The second-order valence-corrected chi connectivity index (χ2v) is 4.80. The molecule has 0 aliphatic heterocycles. The van der Waals surface area contributed by atoms with E-state index in [1.54, 1.807) is 11.3 Å². The summed E-state index contributed by atoms with van der Waals surface area (Å²) in [6.45, 7) is 2.72. The Morgan fingerprint density at radius 2 is 2.44 bits per heavy atom. The second kappa shape index (κ2) is 4.90. The molecule has 0 amide bonds. The van der Waals surface area contributed by atoms with Crippen LogP contribution in [0.2, 0.25) is 0 Å². The summed E-state index contributed by atoms with van der Waals surface area (Å²) in [6.07, 6.45) is 1.01. The van der Waals surface area contributed by atoms with Crippen molar-refractivity contribution < 1.29 is 5.11 Å². The minimum Gasteiger partial charge on any atom is -0.388 e. The van der Waals surface area contributed by atoms with Crippen molar-refractivity contribution in [2.75, 3.05) is 0 Å². The number of aromatic amines is 1. The number of aliphatic hydroxyl groups is 1. The van der Waals surface area contributed by atoms with Crippen molar-refractivity contribution in [3.63, 3.8) is 0 Å². The number of nitrogens with one attached hydrogen (secondary N) is 1. The van der Waals surface area contributed by atoms with E-state index in [0.29, 0.717) is 17.1 Å². The molecule has 0 saturated carbocycles. The van der Waals surface area contributed by atoms with Crippen LogP contribution in [0.25, 0.3) is 0 Å². The number of nitrogens with zero attached hydrogens (tertiary/aromatic N) is 2. The minimum atomic E-state index is -0.0972. The quantitative estimate of drug-likeness (QED) is 0.823. The van der Waals surface area contributed by atoms with Crippen LogP contribution in [0, 0.1) is 4.77 Å². The van der Waals surface area contributed by atoms with E-state index in [1.165, 1.54) is 10.4 Å². The van der Waals surface area contributed by atoms with E-state index in [0.717, 1.165) is 6.42 Å². The Hall–Kier alpha value is -0.980. The number of H-pyrrole nitrogens is 1. The van der Waals surface area contributed by atoms with Crippen LogP contribution < -0.4 is 0 Å². The van der Waals surface area contributed by atoms with Gasteiger partial charge >= 0.3 is 0 Å². The average molecular weight is 255 g/mol. The molecule has 4 nitrogen and oxygen atoms in total. The van der Waals surface area contributed by atoms with E-state index in [2.05, 4.69) is 28.6 Å². The topological polar surface area (TPSA) is 53.8 Å². The summed E-state index contributed by atoms with van der Waals surface area (Å²) < 4.78 is 2.39. The standard InChI is InChI=1S/C10H13N3OS2/c1-2-7-3-4-16-8(7)5-13-9(6-14)11-12-10(13)15/h3-4,14H,2,5-6H2,1H3,(H,12,15). The number of rotatable bonds is 4. The van der Waals surface area contributed by atoms with Crippen molar-refractivity contribution in [1.29, 1.82) is 0 Å². The van der Waals surface area contributed by atoms with E-state index < -0.39 is 0 Å². The molecule has 2 aromatic rings. The Labute approximate surface area is 103 Å². The number of aryl methyl sites for hydroxylation is 1. The number of aromatic nitrogens is 3. The number of hydrogen-bond acceptors (Lipinski definition) is 4. The molecule has 2 heterocycles. The fraction of sp³-hybridized carbons (Fsp3) is 0.400. The Morgan fingerprint density at radius 3 is 3.12 bits per heavy atom. The van der Waals surface area contributed by atoms with Gasteiger partial charge in [-0.05, 0) is 35.6 Å². The average Bonchev–Trinajstić information content (AvgIpc) is 2.87. The normalized spacial score (nSPS) is 10.9. The maximum atomic E-state index is 9.14. The first-order valence-electron chi connectivity index (χ1n) is 5.06. The summed E-state index contributed by atoms with van der Waals surface area (Å²) in [4.78, 5) is 1.27. The SMILES string of the molecule is CCc1ccsc1Cn1c(CO)n[nH]c1=S. The van der Waals surface area contributed by atoms with Gasteiger partial charge in [0.2, 0.25) is 0 Å². The predicted octanol–water partition coefficient (Wildman–Crippen LogP) is 2.11. The smallest absolute Gasteiger partial charge is 0.195 e. The molecule has 0 saturated heterocycles. The highest BCUT2D eigenvalue weighted by atomic mass is 32.1. The molecule has 2 aromatic heterocycles. The van der Waals surface area contributed by atoms with Gasteiger partial charge in [-0.25, -0.2) is 0 Å². The van der Waals surface area contributed by atoms with Crippen LogP contribution in [0.3, 0.4) is 0 Å². The number of hydrogen-bond donors (Lipinski definition) is 2. The number of aliphatic hydroxyl groups excluding tert-OH is 1. The Bertz CT molecular complexity index is 526. The van der Waals surface area contributed by atoms with Crippen molar-refractivity contribution in [3.8, 4) is 0 Å². The van der Waals surface area contributed by atoms with Crippen LogP contribution in [-0.2, 0) is 19.6 Å². The lowest BCUT2D eigenvalue weighted by molar-refractivity contribution is 0.265. The fourth-order valence-electron chi connectivity index (χ4n) is 1.60. The van der Waals surface area contributed by atoms with Crippen LogP contribution in [0.1, 0.15) is 23.2 Å². The van der Waals surface area contributed by atoms with E-state index in [-0.39, 0.29) is 6.61 Å². The first kappa shape index (κ1) is 11.5. The molecule has 2 N–H and O–H groups in total. The zero-order chi connectivity index (χ0) is 11.5. The lowest BCUT2D eigenvalue weighted by Crippen LogP contribution is -2.05. The van der Waals surface area contributed by atoms with Gasteiger partial charge in [-0.2, -0.15) is 5.10 Å². The van der Waals surface area contributed by atoms with Gasteiger partial charge in [0, 0.05) is 4.88 Å². The highest BCUT2D eigenvalue weighted by Crippen LogP contribution is 2.19. The predicted molar refractivity (Wildman–Crippen MR) is 66.1 cm³/mol. The highest BCUT2D eigenvalue weighted by Gasteiger charge is 2.08. The molecule has 86 valence electrons. The third kappa shape index (κ3) is 2.09. The molecule has 16 heavy (non-hydrogen) atoms. The van der Waals surface area contributed by atoms with E-state index >= 15 is 0 Å². The molecule has 0 spiro atoms. The first-order valence-corrected chi connectivity index (χ1v) is 6.35. The summed E-state index contributed by atoms with van der Waals surface area (Å²) in [5.74, 6) is 0.584. The molecule has 0 aliphatic carbocycles. The van der Waals surface area contributed by atoms with Crippen molar-refractivity contribution in [2.24, 2.45) is 0 Å². The monoisotopic (exact) mass is 255 g/mol. The molecule has 0 radical (unpaired) electrons. The van der Waals surface area contributed by atoms with Crippen molar-refractivity contribution >= 4 is 23.6 Å². The van der Waals surface area contributed by atoms with Gasteiger partial charge in [-0.3, -0.25) is 9.67 Å². The molecule has 2 rings (SSSR count). The Balaban J connectivity index is 2.33. The third-order valence-electron chi connectivity index (χ3n) is 2.50. The van der Waals surface area contributed by atoms with Crippen molar-refractivity contribution in [1.82, 2.24) is 14.8 Å². The Morgan fingerprint density at radius 1 is 1.62 bits per heavy atom. The lowest BCUT2D eigenvalue weighted by Gasteiger charge is -2.05. The van der Waals surface area contributed by atoms with E-state index in [1.807, 2.05) is 4.57 Å². The van der Waals surface area contributed by atoms with Gasteiger partial charge < -0.3 is 5.11 Å². The largest absolute Gasteiger partial charge is 0.388 e. The molecule has 0 aliphatic rings. The lowest BCUT2D eigenvalue weighted by atomic mass is 10.2. The van der Waals surface area contributed by atoms with Gasteiger partial charge in [0.15, 0.2) is 10.6 Å². The molecule has 0 atom stereocenters. The summed E-state index contributed by atoms with van der Waals surface area (Å²) in [6, 6.07) is 2.13. The van der Waals surface area contributed by atoms with Gasteiger partial charge in [0.1, 0.15) is 6.61 Å². The minimum absolute atomic E-state index is 0.0972. The van der Waals surface area contributed by atoms with Crippen LogP contribution in [0.4, 0.5) is 0 Å². The van der Waals surface area contributed by atoms with Crippen LogP contribution in [-0.4, -0.2) is 19.9 Å².